The summed E-state index contributed by atoms with van der Waals surface area (Å²) in [5.74, 6) is -1.18. The fourth-order valence-electron chi connectivity index (χ4n) is 2.90. The van der Waals surface area contributed by atoms with Gasteiger partial charge in [0.15, 0.2) is 5.15 Å². The third-order valence-corrected chi connectivity index (χ3v) is 6.36. The number of carbonyl (C=O) groups is 1. The first-order chi connectivity index (χ1) is 13.0. The maximum atomic E-state index is 12.7. The zero-order valence-electron chi connectivity index (χ0n) is 15.0. The highest BCUT2D eigenvalue weighted by Gasteiger charge is 2.26. The van der Waals surface area contributed by atoms with Crippen molar-refractivity contribution in [3.8, 4) is 0 Å². The molecular weight excluding hydrogens is 451 g/mol. The van der Waals surface area contributed by atoms with Gasteiger partial charge >= 0.3 is 11.7 Å². The topological polar surface area (TPSA) is 99.1 Å². The van der Waals surface area contributed by atoms with Gasteiger partial charge in [-0.25, -0.2) is 14.6 Å². The maximum absolute atomic E-state index is 12.7. The van der Waals surface area contributed by atoms with Crippen LogP contribution < -0.4 is 11.2 Å². The van der Waals surface area contributed by atoms with E-state index in [4.69, 9.17) is 34.8 Å². The summed E-state index contributed by atoms with van der Waals surface area (Å²) in [6.07, 6.45) is 0. The van der Waals surface area contributed by atoms with Gasteiger partial charge in [-0.2, -0.15) is 0 Å². The highest BCUT2D eigenvalue weighted by Crippen LogP contribution is 2.33. The molecule has 3 heterocycles. The molecule has 150 valence electrons. The molecule has 3 aromatic rings. The maximum Gasteiger partial charge on any atom is 0.337 e. The fourth-order valence-corrected chi connectivity index (χ4v) is 4.85. The van der Waals surface area contributed by atoms with Crippen molar-refractivity contribution in [2.24, 2.45) is 13.0 Å². The molecule has 0 fully saturated rings. The van der Waals surface area contributed by atoms with Crippen LogP contribution in [0.5, 0.6) is 0 Å². The van der Waals surface area contributed by atoms with E-state index >= 15 is 0 Å². The summed E-state index contributed by atoms with van der Waals surface area (Å²) in [7, 11) is 1.33. The van der Waals surface area contributed by atoms with Crippen LogP contribution in [0, 0.1) is 5.92 Å². The molecule has 0 saturated heterocycles. The van der Waals surface area contributed by atoms with Crippen LogP contribution in [-0.2, 0) is 20.1 Å². The fraction of sp³-hybridized carbons (Fsp3) is 0.375. The molecule has 0 spiro atoms. The van der Waals surface area contributed by atoms with E-state index in [2.05, 4.69) is 4.98 Å². The normalized spacial score (nSPS) is 11.7. The predicted octanol–water partition coefficient (Wildman–Crippen LogP) is 3.32. The summed E-state index contributed by atoms with van der Waals surface area (Å²) < 4.78 is 3.67. The van der Waals surface area contributed by atoms with Crippen molar-refractivity contribution in [2.75, 3.05) is 0 Å². The predicted molar refractivity (Wildman–Crippen MR) is 109 cm³/mol. The number of fused-ring (bicyclic) bond motifs is 1. The molecule has 1 N–H and O–H groups in total. The average Bonchev–Trinajstić information content (AvgIpc) is 3.10. The van der Waals surface area contributed by atoms with Crippen LogP contribution in [0.4, 0.5) is 0 Å². The third-order valence-electron chi connectivity index (χ3n) is 4.13. The van der Waals surface area contributed by atoms with Crippen molar-refractivity contribution in [1.82, 2.24) is 18.7 Å². The number of hydrogen-bond donors (Lipinski definition) is 1. The molecule has 8 nitrogen and oxygen atoms in total. The zero-order valence-corrected chi connectivity index (χ0v) is 18.1. The molecule has 0 aromatic carbocycles. The van der Waals surface area contributed by atoms with Gasteiger partial charge in [-0.3, -0.25) is 18.5 Å². The first-order valence-corrected chi connectivity index (χ1v) is 10.0. The molecule has 3 aromatic heterocycles. The molecular formula is C16H15Cl3N4O4S. The molecule has 0 atom stereocenters. The van der Waals surface area contributed by atoms with E-state index in [0.717, 1.165) is 15.9 Å². The third kappa shape index (κ3) is 3.36. The largest absolute Gasteiger partial charge is 0.478 e. The van der Waals surface area contributed by atoms with E-state index in [9.17, 15) is 19.5 Å². The quantitative estimate of drug-likeness (QED) is 0.623. The lowest BCUT2D eigenvalue weighted by Crippen LogP contribution is -2.38. The Labute approximate surface area is 177 Å². The Kier molecular flexibility index (Phi) is 5.64. The smallest absolute Gasteiger partial charge is 0.337 e. The van der Waals surface area contributed by atoms with Crippen LogP contribution >= 0.6 is 46.1 Å². The molecule has 28 heavy (non-hydrogen) atoms. The van der Waals surface area contributed by atoms with Gasteiger partial charge < -0.3 is 5.11 Å². The Morgan fingerprint density at radius 3 is 2.36 bits per heavy atom. The van der Waals surface area contributed by atoms with Crippen molar-refractivity contribution in [2.45, 2.75) is 26.9 Å². The number of halogens is 3. The summed E-state index contributed by atoms with van der Waals surface area (Å²) in [4.78, 5) is 41.8. The Morgan fingerprint density at radius 1 is 1.21 bits per heavy atom. The van der Waals surface area contributed by atoms with Gasteiger partial charge in [0.1, 0.15) is 9.98 Å². The number of carboxylic acid groups (broad SMARTS) is 1. The molecule has 0 saturated carbocycles. The lowest BCUT2D eigenvalue weighted by Gasteiger charge is -2.11. The molecule has 0 bridgehead atoms. The zero-order chi connectivity index (χ0) is 20.9. The summed E-state index contributed by atoms with van der Waals surface area (Å²) in [5, 5.41) is 9.78. The van der Waals surface area contributed by atoms with Gasteiger partial charge in [0, 0.05) is 18.5 Å². The number of aromatic nitrogens is 4. The summed E-state index contributed by atoms with van der Waals surface area (Å²) >= 11 is 19.0. The van der Waals surface area contributed by atoms with Crippen LogP contribution in [0.3, 0.4) is 0 Å². The second-order valence-corrected chi connectivity index (χ2v) is 8.72. The molecule has 0 radical (unpaired) electrons. The number of hydrogen-bond acceptors (Lipinski definition) is 5. The minimum Gasteiger partial charge on any atom is -0.478 e. The Hall–Kier alpha value is -1.81. The van der Waals surface area contributed by atoms with Crippen LogP contribution in [0.15, 0.2) is 9.59 Å². The number of carboxylic acids is 1. The van der Waals surface area contributed by atoms with E-state index in [0.29, 0.717) is 16.3 Å². The molecule has 12 heteroatoms. The Balaban J connectivity index is 2.37. The van der Waals surface area contributed by atoms with E-state index in [-0.39, 0.29) is 39.0 Å². The molecule has 0 aliphatic carbocycles. The van der Waals surface area contributed by atoms with Crippen molar-refractivity contribution >= 4 is 62.3 Å². The van der Waals surface area contributed by atoms with Gasteiger partial charge in [0.25, 0.3) is 5.56 Å². The monoisotopic (exact) mass is 464 g/mol. The van der Waals surface area contributed by atoms with Gasteiger partial charge in [-0.05, 0) is 17.5 Å². The standard InChI is InChI=1S/C16H15Cl3N4O4S/c1-6(2)4-23-13-9(12(24)21(3)16(23)27)8(14(25)26)7(28-13)5-22-11(18)10(17)20-15(22)19/h6H,4-5H2,1-3H3,(H,25,26). The minimum absolute atomic E-state index is 0.0164. The van der Waals surface area contributed by atoms with Gasteiger partial charge in [-0.1, -0.05) is 37.0 Å². The highest BCUT2D eigenvalue weighted by molar-refractivity contribution is 7.19. The van der Waals surface area contributed by atoms with Gasteiger partial charge in [0.05, 0.1) is 17.5 Å². The van der Waals surface area contributed by atoms with Gasteiger partial charge in [0.2, 0.25) is 5.28 Å². The van der Waals surface area contributed by atoms with E-state index in [1.54, 1.807) is 0 Å². The summed E-state index contributed by atoms with van der Waals surface area (Å²) in [6.45, 7) is 4.12. The second kappa shape index (κ2) is 7.55. The van der Waals surface area contributed by atoms with Crippen molar-refractivity contribution in [3.05, 3.63) is 46.9 Å². The first kappa shape index (κ1) is 20.9. The number of thiophene rings is 1. The van der Waals surface area contributed by atoms with Crippen LogP contribution in [-0.4, -0.2) is 29.8 Å². The lowest BCUT2D eigenvalue weighted by atomic mass is 10.1. The van der Waals surface area contributed by atoms with Crippen LogP contribution in [0.25, 0.3) is 10.2 Å². The number of nitrogens with zero attached hydrogens (tertiary/aromatic N) is 4. The average molecular weight is 466 g/mol. The Morgan fingerprint density at radius 2 is 1.86 bits per heavy atom. The van der Waals surface area contributed by atoms with Gasteiger partial charge in [-0.15, -0.1) is 11.3 Å². The Bertz CT molecular complexity index is 1220. The highest BCUT2D eigenvalue weighted by atomic mass is 35.5. The van der Waals surface area contributed by atoms with Crippen LogP contribution in [0.2, 0.25) is 15.6 Å². The van der Waals surface area contributed by atoms with Crippen molar-refractivity contribution in [3.63, 3.8) is 0 Å². The first-order valence-electron chi connectivity index (χ1n) is 8.10. The minimum atomic E-state index is -1.29. The number of aromatic carboxylic acids is 1. The van der Waals surface area contributed by atoms with Crippen molar-refractivity contribution in [1.29, 1.82) is 0 Å². The van der Waals surface area contributed by atoms with E-state index in [1.165, 1.54) is 16.2 Å². The van der Waals surface area contributed by atoms with Crippen LogP contribution in [0.1, 0.15) is 29.1 Å². The lowest BCUT2D eigenvalue weighted by molar-refractivity contribution is 0.0698. The SMILES string of the molecule is CC(C)Cn1c(=O)n(C)c(=O)c2c(C(=O)O)c(Cn3c(Cl)nc(Cl)c3Cl)sc21. The molecule has 0 amide bonds. The second-order valence-electron chi connectivity index (χ2n) is 6.59. The molecule has 0 unspecified atom stereocenters. The number of rotatable bonds is 5. The van der Waals surface area contributed by atoms with E-state index < -0.39 is 17.2 Å². The summed E-state index contributed by atoms with van der Waals surface area (Å²) in [5.41, 5.74) is -1.35. The molecule has 0 aliphatic heterocycles. The molecule has 3 rings (SSSR count). The number of imidazole rings is 1. The molecule has 0 aliphatic rings. The van der Waals surface area contributed by atoms with E-state index in [1.807, 2.05) is 13.8 Å². The summed E-state index contributed by atoms with van der Waals surface area (Å²) in [6, 6.07) is 0. The van der Waals surface area contributed by atoms with Crippen molar-refractivity contribution < 1.29 is 9.90 Å².